The van der Waals surface area contributed by atoms with Gasteiger partial charge in [-0.3, -0.25) is 4.68 Å². The molecule has 92 valence electrons. The zero-order chi connectivity index (χ0) is 11.6. The fourth-order valence-electron chi connectivity index (χ4n) is 4.97. The summed E-state index contributed by atoms with van der Waals surface area (Å²) in [5.41, 5.74) is 1.24. The molecule has 1 aromatic heterocycles. The van der Waals surface area contributed by atoms with E-state index in [1.165, 1.54) is 25.0 Å². The Balaban J connectivity index is 1.59. The molecule has 0 saturated heterocycles. The molecule has 0 radical (unpaired) electrons. The van der Waals surface area contributed by atoms with Crippen LogP contribution in [0.25, 0.3) is 0 Å². The molecule has 1 N–H and O–H groups in total. The third-order valence-electron chi connectivity index (χ3n) is 5.54. The van der Waals surface area contributed by atoms with Crippen LogP contribution in [0.3, 0.4) is 0 Å². The zero-order valence-corrected chi connectivity index (χ0v) is 10.6. The Bertz CT molecular complexity index is 422. The van der Waals surface area contributed by atoms with Gasteiger partial charge in [-0.2, -0.15) is 5.10 Å². The lowest BCUT2D eigenvalue weighted by atomic mass is 9.96. The molecule has 3 aliphatic carbocycles. The summed E-state index contributed by atoms with van der Waals surface area (Å²) >= 11 is 0. The molecule has 3 heteroatoms. The van der Waals surface area contributed by atoms with Crippen molar-refractivity contribution in [2.45, 2.75) is 25.3 Å². The van der Waals surface area contributed by atoms with E-state index >= 15 is 0 Å². The van der Waals surface area contributed by atoms with Crippen molar-refractivity contribution in [3.8, 4) is 0 Å². The first-order valence-corrected chi connectivity index (χ1v) is 6.96. The second kappa shape index (κ2) is 3.35. The molecule has 0 aromatic carbocycles. The normalized spacial score (nSPS) is 43.8. The van der Waals surface area contributed by atoms with Gasteiger partial charge in [-0.25, -0.2) is 0 Å². The van der Waals surface area contributed by atoms with Gasteiger partial charge in [0.05, 0.1) is 11.7 Å². The quantitative estimate of drug-likeness (QED) is 0.862. The van der Waals surface area contributed by atoms with Crippen LogP contribution in [0, 0.1) is 29.6 Å². The van der Waals surface area contributed by atoms with Gasteiger partial charge >= 0.3 is 0 Å². The molecule has 3 nitrogen and oxygen atoms in total. The third-order valence-corrected chi connectivity index (χ3v) is 5.54. The van der Waals surface area contributed by atoms with Crippen LogP contribution in [0.4, 0.5) is 0 Å². The van der Waals surface area contributed by atoms with Crippen molar-refractivity contribution < 1.29 is 0 Å². The fourth-order valence-corrected chi connectivity index (χ4v) is 4.97. The average molecular weight is 231 g/mol. The fraction of sp³-hybridized carbons (Fsp3) is 0.786. The maximum atomic E-state index is 4.60. The summed E-state index contributed by atoms with van der Waals surface area (Å²) in [7, 11) is 4.10. The number of nitrogens with zero attached hydrogens (tertiary/aromatic N) is 2. The molecule has 5 atom stereocenters. The highest BCUT2D eigenvalue weighted by molar-refractivity contribution is 5.20. The number of hydrogen-bond donors (Lipinski definition) is 1. The smallest absolute Gasteiger partial charge is 0.0796 e. The van der Waals surface area contributed by atoms with Crippen molar-refractivity contribution in [2.24, 2.45) is 36.6 Å². The van der Waals surface area contributed by atoms with Gasteiger partial charge in [0.25, 0.3) is 0 Å². The van der Waals surface area contributed by atoms with Gasteiger partial charge in [-0.05, 0) is 62.0 Å². The first-order valence-electron chi connectivity index (χ1n) is 6.96. The van der Waals surface area contributed by atoms with Crippen molar-refractivity contribution in [2.75, 3.05) is 7.05 Å². The number of nitrogens with one attached hydrogen (secondary N) is 1. The monoisotopic (exact) mass is 231 g/mol. The van der Waals surface area contributed by atoms with E-state index < -0.39 is 0 Å². The zero-order valence-electron chi connectivity index (χ0n) is 10.6. The molecule has 17 heavy (non-hydrogen) atoms. The van der Waals surface area contributed by atoms with Crippen molar-refractivity contribution in [1.82, 2.24) is 15.1 Å². The van der Waals surface area contributed by atoms with E-state index in [1.54, 1.807) is 0 Å². The Hall–Kier alpha value is -0.830. The highest BCUT2D eigenvalue weighted by Crippen LogP contribution is 2.72. The molecule has 4 rings (SSSR count). The molecular weight excluding hydrogens is 210 g/mol. The number of aryl methyl sites for hydroxylation is 1. The van der Waals surface area contributed by atoms with E-state index in [1.807, 2.05) is 11.7 Å². The molecule has 3 saturated carbocycles. The summed E-state index contributed by atoms with van der Waals surface area (Å²) in [6.07, 6.45) is 6.60. The van der Waals surface area contributed by atoms with E-state index in [0.29, 0.717) is 6.04 Å². The summed E-state index contributed by atoms with van der Waals surface area (Å²) < 4.78 is 1.92. The largest absolute Gasteiger partial charge is 0.311 e. The predicted molar refractivity (Wildman–Crippen MR) is 66.3 cm³/mol. The molecule has 0 spiro atoms. The van der Waals surface area contributed by atoms with Crippen LogP contribution in [-0.2, 0) is 7.05 Å². The van der Waals surface area contributed by atoms with E-state index in [4.69, 9.17) is 0 Å². The van der Waals surface area contributed by atoms with E-state index in [9.17, 15) is 0 Å². The van der Waals surface area contributed by atoms with Crippen LogP contribution in [0.1, 0.15) is 31.0 Å². The Kier molecular flexibility index (Phi) is 1.99. The van der Waals surface area contributed by atoms with Crippen LogP contribution in [0.5, 0.6) is 0 Å². The number of aromatic nitrogens is 2. The lowest BCUT2D eigenvalue weighted by Crippen LogP contribution is -2.22. The van der Waals surface area contributed by atoms with Gasteiger partial charge in [0, 0.05) is 13.2 Å². The molecule has 3 aliphatic rings. The predicted octanol–water partition coefficient (Wildman–Crippen LogP) is 1.97. The van der Waals surface area contributed by atoms with Gasteiger partial charge < -0.3 is 5.32 Å². The lowest BCUT2D eigenvalue weighted by molar-refractivity contribution is 0.379. The van der Waals surface area contributed by atoms with Crippen LogP contribution < -0.4 is 5.32 Å². The molecular formula is C14H21N3. The number of hydrogen-bond acceptors (Lipinski definition) is 2. The number of rotatable bonds is 3. The average Bonchev–Trinajstić information content (AvgIpc) is 2.73. The summed E-state index contributed by atoms with van der Waals surface area (Å²) in [5, 5.41) is 8.11. The van der Waals surface area contributed by atoms with E-state index in [-0.39, 0.29) is 0 Å². The van der Waals surface area contributed by atoms with Crippen molar-refractivity contribution in [3.63, 3.8) is 0 Å². The summed E-state index contributed by atoms with van der Waals surface area (Å²) in [4.78, 5) is 0. The van der Waals surface area contributed by atoms with E-state index in [0.717, 1.165) is 29.6 Å². The summed E-state index contributed by atoms with van der Waals surface area (Å²) in [6, 6.07) is 2.67. The summed E-state index contributed by atoms with van der Waals surface area (Å²) in [5.74, 6) is 5.02. The first kappa shape index (κ1) is 10.1. The second-order valence-corrected chi connectivity index (χ2v) is 6.25. The molecule has 0 amide bonds. The molecule has 2 bridgehead atoms. The highest BCUT2D eigenvalue weighted by Gasteiger charge is 2.66. The van der Waals surface area contributed by atoms with E-state index in [2.05, 4.69) is 29.7 Å². The Morgan fingerprint density at radius 1 is 1.35 bits per heavy atom. The minimum absolute atomic E-state index is 0.495. The summed E-state index contributed by atoms with van der Waals surface area (Å²) in [6.45, 7) is 0. The molecule has 3 fully saturated rings. The van der Waals surface area contributed by atoms with Gasteiger partial charge in [-0.15, -0.1) is 0 Å². The number of fused-ring (bicyclic) bond motifs is 5. The Morgan fingerprint density at radius 3 is 2.59 bits per heavy atom. The van der Waals surface area contributed by atoms with Gasteiger partial charge in [0.15, 0.2) is 0 Å². The van der Waals surface area contributed by atoms with Crippen molar-refractivity contribution in [3.05, 3.63) is 18.0 Å². The lowest BCUT2D eigenvalue weighted by Gasteiger charge is -2.18. The Labute approximate surface area is 103 Å². The standard InChI is InChI=1S/C14H21N3/c1-15-14(10-5-6-17(2)16-10)13-11-8-3-4-9(7-8)12(11)13/h5-6,8-9,11-15H,3-4,7H2,1-2H3. The first-order chi connectivity index (χ1) is 8.29. The van der Waals surface area contributed by atoms with Gasteiger partial charge in [0.1, 0.15) is 0 Å². The van der Waals surface area contributed by atoms with Crippen LogP contribution in [0.15, 0.2) is 12.3 Å². The topological polar surface area (TPSA) is 29.9 Å². The molecule has 1 heterocycles. The van der Waals surface area contributed by atoms with Crippen LogP contribution >= 0.6 is 0 Å². The minimum Gasteiger partial charge on any atom is -0.311 e. The molecule has 0 aliphatic heterocycles. The third kappa shape index (κ3) is 1.29. The SMILES string of the molecule is CNC(c1ccn(C)n1)C1C2C3CCC(C3)C21. The minimum atomic E-state index is 0.495. The molecule has 5 unspecified atom stereocenters. The van der Waals surface area contributed by atoms with Gasteiger partial charge in [0.2, 0.25) is 0 Å². The maximum Gasteiger partial charge on any atom is 0.0796 e. The molecule has 1 aromatic rings. The van der Waals surface area contributed by atoms with Crippen LogP contribution in [-0.4, -0.2) is 16.8 Å². The second-order valence-electron chi connectivity index (χ2n) is 6.25. The Morgan fingerprint density at radius 2 is 2.06 bits per heavy atom. The van der Waals surface area contributed by atoms with Crippen LogP contribution in [0.2, 0.25) is 0 Å². The van der Waals surface area contributed by atoms with Crippen molar-refractivity contribution in [1.29, 1.82) is 0 Å². The van der Waals surface area contributed by atoms with Gasteiger partial charge in [-0.1, -0.05) is 0 Å². The van der Waals surface area contributed by atoms with Crippen molar-refractivity contribution >= 4 is 0 Å². The highest BCUT2D eigenvalue weighted by atomic mass is 15.3. The maximum absolute atomic E-state index is 4.60.